The number of ether oxygens (including phenoxy) is 2. The summed E-state index contributed by atoms with van der Waals surface area (Å²) in [6, 6.07) is 12.3. The van der Waals surface area contributed by atoms with Gasteiger partial charge in [0, 0.05) is 11.1 Å². The minimum atomic E-state index is -0.917. The molecule has 1 aliphatic carbocycles. The zero-order valence-corrected chi connectivity index (χ0v) is 18.9. The van der Waals surface area contributed by atoms with Gasteiger partial charge >= 0.3 is 5.97 Å². The fraction of sp³-hybridized carbons (Fsp3) is 0.423. The number of fused-ring (bicyclic) bond motifs is 1. The molecular weight excluding hydrogens is 422 g/mol. The number of hydroxylamine groups is 2. The summed E-state index contributed by atoms with van der Waals surface area (Å²) in [5.74, 6) is -0.756. The summed E-state index contributed by atoms with van der Waals surface area (Å²) >= 11 is 0. The third-order valence-corrected chi connectivity index (χ3v) is 6.16. The first-order valence-corrected chi connectivity index (χ1v) is 11.6. The largest absolute Gasteiger partial charge is 0.493 e. The molecule has 0 unspecified atom stereocenters. The fourth-order valence-corrected chi connectivity index (χ4v) is 4.35. The summed E-state index contributed by atoms with van der Waals surface area (Å²) in [5.41, 5.74) is 2.14. The number of nitrogens with zero attached hydrogens (tertiary/aromatic N) is 1. The van der Waals surface area contributed by atoms with Crippen LogP contribution in [0.2, 0.25) is 0 Å². The summed E-state index contributed by atoms with van der Waals surface area (Å²) in [7, 11) is 0. The van der Waals surface area contributed by atoms with Gasteiger partial charge in [0.2, 0.25) is 0 Å². The lowest BCUT2D eigenvalue weighted by atomic mass is 9.90. The van der Waals surface area contributed by atoms with Gasteiger partial charge in [0.1, 0.15) is 12.4 Å². The van der Waals surface area contributed by atoms with Crippen molar-refractivity contribution in [3.8, 4) is 5.75 Å². The number of Topliss-reactive ketones (excluding diaryl/α,β-unsaturated/α-hetero) is 1. The van der Waals surface area contributed by atoms with Crippen molar-refractivity contribution in [2.75, 3.05) is 13.2 Å². The van der Waals surface area contributed by atoms with Gasteiger partial charge in [-0.15, -0.1) is 0 Å². The van der Waals surface area contributed by atoms with Crippen molar-refractivity contribution < 1.29 is 28.7 Å². The number of benzene rings is 2. The van der Waals surface area contributed by atoms with E-state index in [-0.39, 0.29) is 24.7 Å². The Labute approximate surface area is 193 Å². The molecule has 0 atom stereocenters. The third-order valence-electron chi connectivity index (χ3n) is 6.16. The number of carbonyl (C=O) groups excluding carboxylic acids is 3. The topological polar surface area (TPSA) is 82.1 Å². The van der Waals surface area contributed by atoms with E-state index in [4.69, 9.17) is 14.3 Å². The van der Waals surface area contributed by atoms with E-state index in [9.17, 15) is 14.4 Å². The Morgan fingerprint density at radius 3 is 2.61 bits per heavy atom. The molecule has 1 heterocycles. The quantitative estimate of drug-likeness (QED) is 0.318. The summed E-state index contributed by atoms with van der Waals surface area (Å²) < 4.78 is 10.9. The Bertz CT molecular complexity index is 1030. The molecule has 2 aromatic carbocycles. The second-order valence-corrected chi connectivity index (χ2v) is 8.46. The second kappa shape index (κ2) is 10.6. The van der Waals surface area contributed by atoms with E-state index in [2.05, 4.69) is 0 Å². The predicted molar refractivity (Wildman–Crippen MR) is 121 cm³/mol. The molecule has 1 fully saturated rings. The molecule has 2 aromatic rings. The number of rotatable bonds is 9. The average molecular weight is 452 g/mol. The van der Waals surface area contributed by atoms with Crippen molar-refractivity contribution in [3.63, 3.8) is 0 Å². The van der Waals surface area contributed by atoms with E-state index in [0.717, 1.165) is 18.4 Å². The number of amides is 1. The van der Waals surface area contributed by atoms with Crippen molar-refractivity contribution in [3.05, 3.63) is 64.7 Å². The lowest BCUT2D eigenvalue weighted by Gasteiger charge is -2.22. The summed E-state index contributed by atoms with van der Waals surface area (Å²) in [4.78, 5) is 43.1. The van der Waals surface area contributed by atoms with Crippen LogP contribution in [0.3, 0.4) is 0 Å². The summed E-state index contributed by atoms with van der Waals surface area (Å²) in [6.45, 7) is 2.65. The van der Waals surface area contributed by atoms with Crippen LogP contribution in [-0.2, 0) is 27.5 Å². The Morgan fingerprint density at radius 2 is 1.85 bits per heavy atom. The smallest absolute Gasteiger partial charge is 0.379 e. The Hall–Kier alpha value is -3.19. The molecule has 33 heavy (non-hydrogen) atoms. The van der Waals surface area contributed by atoms with E-state index in [1.165, 1.54) is 24.3 Å². The minimum Gasteiger partial charge on any atom is -0.493 e. The zero-order valence-electron chi connectivity index (χ0n) is 18.9. The molecule has 0 spiro atoms. The van der Waals surface area contributed by atoms with E-state index in [1.54, 1.807) is 31.2 Å². The zero-order chi connectivity index (χ0) is 23.2. The first kappa shape index (κ1) is 23.0. The van der Waals surface area contributed by atoms with Gasteiger partial charge in [-0.25, -0.2) is 9.86 Å². The number of ketones is 1. The molecule has 0 radical (unpaired) electrons. The van der Waals surface area contributed by atoms with Crippen LogP contribution in [0.5, 0.6) is 5.75 Å². The van der Waals surface area contributed by atoms with Crippen LogP contribution in [0.4, 0.5) is 0 Å². The highest BCUT2D eigenvalue weighted by atomic mass is 16.7. The lowest BCUT2D eigenvalue weighted by molar-refractivity contribution is -0.138. The first-order chi connectivity index (χ1) is 16.1. The normalized spacial score (nSPS) is 15.9. The van der Waals surface area contributed by atoms with Crippen LogP contribution in [0.15, 0.2) is 42.5 Å². The van der Waals surface area contributed by atoms with E-state index < -0.39 is 11.8 Å². The molecule has 0 bridgehead atoms. The number of esters is 1. The van der Waals surface area contributed by atoms with Crippen molar-refractivity contribution in [1.29, 1.82) is 0 Å². The highest BCUT2D eigenvalue weighted by molar-refractivity contribution is 6.41. The molecule has 1 saturated carbocycles. The van der Waals surface area contributed by atoms with Gasteiger partial charge in [-0.05, 0) is 61.1 Å². The van der Waals surface area contributed by atoms with Crippen LogP contribution in [-0.4, -0.2) is 35.9 Å². The predicted octanol–water partition coefficient (Wildman–Crippen LogP) is 4.48. The highest BCUT2D eigenvalue weighted by Gasteiger charge is 2.29. The minimum absolute atomic E-state index is 0.0547. The van der Waals surface area contributed by atoms with Gasteiger partial charge in [0.25, 0.3) is 11.7 Å². The average Bonchev–Trinajstić information content (AvgIpc) is 3.17. The van der Waals surface area contributed by atoms with Crippen molar-refractivity contribution in [1.82, 2.24) is 5.06 Å². The van der Waals surface area contributed by atoms with Gasteiger partial charge < -0.3 is 9.47 Å². The van der Waals surface area contributed by atoms with Crippen LogP contribution >= 0.6 is 0 Å². The van der Waals surface area contributed by atoms with E-state index >= 15 is 0 Å². The van der Waals surface area contributed by atoms with Crippen molar-refractivity contribution in [2.24, 2.45) is 5.92 Å². The maximum absolute atomic E-state index is 12.7. The van der Waals surface area contributed by atoms with Gasteiger partial charge in [-0.3, -0.25) is 14.4 Å². The first-order valence-electron chi connectivity index (χ1n) is 11.6. The maximum atomic E-state index is 12.7. The van der Waals surface area contributed by atoms with Crippen LogP contribution in [0.1, 0.15) is 70.9 Å². The van der Waals surface area contributed by atoms with Crippen LogP contribution in [0, 0.1) is 5.92 Å². The molecular formula is C26H29NO6. The third kappa shape index (κ3) is 5.42. The molecule has 0 saturated heterocycles. The molecule has 4 rings (SSSR count). The molecule has 0 N–H and O–H groups in total. The standard InChI is InChI=1S/C26H29NO6/c1-2-31-26(30)24(28)22-13-12-21(32-16-18-8-4-3-5-9-18)14-20(22)17-33-27-15-19-10-6-7-11-23(19)25(27)29/h6-7,10-14,18H,2-5,8-9,15-17H2,1H3. The summed E-state index contributed by atoms with van der Waals surface area (Å²) in [6.07, 6.45) is 6.06. The van der Waals surface area contributed by atoms with Gasteiger partial charge in [-0.2, -0.15) is 0 Å². The lowest BCUT2D eigenvalue weighted by Crippen LogP contribution is -2.25. The van der Waals surface area contributed by atoms with Crippen LogP contribution < -0.4 is 4.74 Å². The van der Waals surface area contributed by atoms with Crippen molar-refractivity contribution >= 4 is 17.7 Å². The van der Waals surface area contributed by atoms with E-state index in [0.29, 0.717) is 35.9 Å². The molecule has 1 aliphatic heterocycles. The molecule has 174 valence electrons. The fourth-order valence-electron chi connectivity index (χ4n) is 4.35. The Balaban J connectivity index is 1.49. The highest BCUT2D eigenvalue weighted by Crippen LogP contribution is 2.27. The maximum Gasteiger partial charge on any atom is 0.379 e. The van der Waals surface area contributed by atoms with Gasteiger partial charge in [0.15, 0.2) is 0 Å². The number of hydrogen-bond acceptors (Lipinski definition) is 6. The Kier molecular flexibility index (Phi) is 7.40. The number of hydrogen-bond donors (Lipinski definition) is 0. The molecule has 7 nitrogen and oxygen atoms in total. The molecule has 2 aliphatic rings. The summed E-state index contributed by atoms with van der Waals surface area (Å²) in [5, 5.41) is 1.28. The van der Waals surface area contributed by atoms with E-state index in [1.807, 2.05) is 18.2 Å². The van der Waals surface area contributed by atoms with Gasteiger partial charge in [0.05, 0.1) is 19.8 Å². The van der Waals surface area contributed by atoms with Crippen LogP contribution in [0.25, 0.3) is 0 Å². The molecule has 0 aromatic heterocycles. The van der Waals surface area contributed by atoms with Gasteiger partial charge in [-0.1, -0.05) is 37.5 Å². The molecule has 1 amide bonds. The number of carbonyl (C=O) groups is 3. The second-order valence-electron chi connectivity index (χ2n) is 8.46. The monoisotopic (exact) mass is 451 g/mol. The molecule has 7 heteroatoms. The Morgan fingerprint density at radius 1 is 1.06 bits per heavy atom. The SMILES string of the molecule is CCOC(=O)C(=O)c1ccc(OCC2CCCCC2)cc1CON1Cc2ccccc2C1=O. The van der Waals surface area contributed by atoms with Crippen molar-refractivity contribution in [2.45, 2.75) is 52.2 Å².